The van der Waals surface area contributed by atoms with Gasteiger partial charge in [-0.05, 0) is 0 Å². The van der Waals surface area contributed by atoms with Crippen LogP contribution < -0.4 is 0 Å². The predicted molar refractivity (Wildman–Crippen MR) is 36.5 cm³/mol. The lowest BCUT2D eigenvalue weighted by atomic mass is 10.6. The summed E-state index contributed by atoms with van der Waals surface area (Å²) in [5.74, 6) is -0.458. The van der Waals surface area contributed by atoms with Gasteiger partial charge in [-0.25, -0.2) is 4.79 Å². The minimum absolute atomic E-state index is 0.458. The van der Waals surface area contributed by atoms with Crippen molar-refractivity contribution in [3.8, 4) is 0 Å². The molecule has 0 saturated carbocycles. The SMILES string of the molecule is O=C(OS)c1cncs1. The highest BCUT2D eigenvalue weighted by molar-refractivity contribution is 7.75. The van der Waals surface area contributed by atoms with Gasteiger partial charge in [0.25, 0.3) is 0 Å². The number of aromatic nitrogens is 1. The third-order valence-electron chi connectivity index (χ3n) is 0.716. The Labute approximate surface area is 61.3 Å². The zero-order valence-electron chi connectivity index (χ0n) is 4.27. The third kappa shape index (κ3) is 1.43. The average molecular weight is 161 g/mol. The molecule has 0 bridgehead atoms. The number of hydrogen-bond acceptors (Lipinski definition) is 5. The second-order valence-corrected chi connectivity index (χ2v) is 2.31. The molecule has 0 atom stereocenters. The van der Waals surface area contributed by atoms with Gasteiger partial charge in [-0.3, -0.25) is 4.98 Å². The van der Waals surface area contributed by atoms with Crippen molar-refractivity contribution in [1.29, 1.82) is 0 Å². The second kappa shape index (κ2) is 2.84. The normalized spacial score (nSPS) is 9.00. The van der Waals surface area contributed by atoms with E-state index in [4.69, 9.17) is 0 Å². The van der Waals surface area contributed by atoms with E-state index in [9.17, 15) is 4.79 Å². The second-order valence-electron chi connectivity index (χ2n) is 1.24. The summed E-state index contributed by atoms with van der Waals surface area (Å²) in [4.78, 5) is 14.7. The highest BCUT2D eigenvalue weighted by Gasteiger charge is 2.05. The van der Waals surface area contributed by atoms with Crippen molar-refractivity contribution in [3.63, 3.8) is 0 Å². The number of nitrogens with zero attached hydrogens (tertiary/aromatic N) is 1. The summed E-state index contributed by atoms with van der Waals surface area (Å²) in [5, 5.41) is 0. The summed E-state index contributed by atoms with van der Waals surface area (Å²) in [6, 6.07) is 0. The van der Waals surface area contributed by atoms with E-state index in [0.717, 1.165) is 0 Å². The van der Waals surface area contributed by atoms with E-state index in [-0.39, 0.29) is 0 Å². The van der Waals surface area contributed by atoms with Crippen LogP contribution in [0.25, 0.3) is 0 Å². The first kappa shape index (κ1) is 6.57. The van der Waals surface area contributed by atoms with Crippen molar-refractivity contribution in [1.82, 2.24) is 4.98 Å². The maximum atomic E-state index is 10.5. The number of thiol groups is 1. The van der Waals surface area contributed by atoms with Gasteiger partial charge in [0, 0.05) is 12.9 Å². The summed E-state index contributed by atoms with van der Waals surface area (Å²) in [5.41, 5.74) is 1.56. The molecule has 0 saturated heterocycles. The Bertz CT molecular complexity index is 196. The number of carbonyl (C=O) groups is 1. The average Bonchev–Trinajstić information content (AvgIpc) is 2.37. The van der Waals surface area contributed by atoms with Crippen LogP contribution in [0.1, 0.15) is 9.67 Å². The molecule has 0 unspecified atom stereocenters. The molecule has 0 aromatic carbocycles. The molecule has 0 aliphatic heterocycles. The van der Waals surface area contributed by atoms with Crippen molar-refractivity contribution in [3.05, 3.63) is 16.6 Å². The zero-order chi connectivity index (χ0) is 6.69. The Morgan fingerprint density at radius 3 is 3.11 bits per heavy atom. The largest absolute Gasteiger partial charge is 0.390 e. The third-order valence-corrected chi connectivity index (χ3v) is 1.64. The smallest absolute Gasteiger partial charge is 0.361 e. The molecule has 0 amide bonds. The molecule has 9 heavy (non-hydrogen) atoms. The molecule has 1 heterocycles. The maximum absolute atomic E-state index is 10.5. The van der Waals surface area contributed by atoms with Gasteiger partial charge in [-0.15, -0.1) is 11.3 Å². The fourth-order valence-corrected chi connectivity index (χ4v) is 1.02. The van der Waals surface area contributed by atoms with Gasteiger partial charge in [-0.1, -0.05) is 0 Å². The number of rotatable bonds is 1. The van der Waals surface area contributed by atoms with Crippen molar-refractivity contribution in [2.75, 3.05) is 0 Å². The summed E-state index contributed by atoms with van der Waals surface area (Å²) in [6.45, 7) is 0. The highest BCUT2D eigenvalue weighted by Crippen LogP contribution is 2.07. The molecule has 0 aliphatic carbocycles. The molecule has 1 rings (SSSR count). The van der Waals surface area contributed by atoms with E-state index in [1.807, 2.05) is 0 Å². The molecule has 0 N–H and O–H groups in total. The van der Waals surface area contributed by atoms with Gasteiger partial charge in [0.2, 0.25) is 0 Å². The van der Waals surface area contributed by atoms with E-state index in [1.54, 1.807) is 5.51 Å². The van der Waals surface area contributed by atoms with Crippen LogP contribution in [0.2, 0.25) is 0 Å². The summed E-state index contributed by atoms with van der Waals surface area (Å²) < 4.78 is 4.12. The van der Waals surface area contributed by atoms with Crippen LogP contribution in [0.4, 0.5) is 0 Å². The summed E-state index contributed by atoms with van der Waals surface area (Å²) >= 11 is 4.55. The minimum atomic E-state index is -0.458. The lowest BCUT2D eigenvalue weighted by molar-refractivity contribution is 0.0777. The monoisotopic (exact) mass is 161 g/mol. The summed E-state index contributed by atoms with van der Waals surface area (Å²) in [6.07, 6.45) is 1.43. The molecule has 48 valence electrons. The first-order chi connectivity index (χ1) is 4.34. The van der Waals surface area contributed by atoms with Crippen molar-refractivity contribution in [2.45, 2.75) is 0 Å². The lowest BCUT2D eigenvalue weighted by Gasteiger charge is -1.86. The highest BCUT2D eigenvalue weighted by atomic mass is 32.1. The Hall–Kier alpha value is -0.550. The molecular formula is C4H3NO2S2. The Morgan fingerprint density at radius 1 is 1.89 bits per heavy atom. The molecule has 0 aliphatic rings. The molecular weight excluding hydrogens is 158 g/mol. The molecule has 0 fully saturated rings. The molecule has 5 heteroatoms. The molecule has 1 aromatic heterocycles. The van der Waals surface area contributed by atoms with Crippen LogP contribution in [0, 0.1) is 0 Å². The van der Waals surface area contributed by atoms with Gasteiger partial charge in [0.1, 0.15) is 4.88 Å². The maximum Gasteiger partial charge on any atom is 0.361 e. The van der Waals surface area contributed by atoms with Gasteiger partial charge in [0.15, 0.2) is 0 Å². The van der Waals surface area contributed by atoms with Gasteiger partial charge in [-0.2, -0.15) is 0 Å². The Balaban J connectivity index is 2.77. The predicted octanol–water partition coefficient (Wildman–Crippen LogP) is 1.14. The van der Waals surface area contributed by atoms with Crippen LogP contribution in [-0.4, -0.2) is 11.0 Å². The minimum Gasteiger partial charge on any atom is -0.390 e. The van der Waals surface area contributed by atoms with E-state index >= 15 is 0 Å². The summed E-state index contributed by atoms with van der Waals surface area (Å²) in [7, 11) is 0. The number of thiazole rings is 1. The molecule has 3 nitrogen and oxygen atoms in total. The van der Waals surface area contributed by atoms with Crippen LogP contribution in [-0.2, 0) is 4.18 Å². The fourth-order valence-electron chi connectivity index (χ4n) is 0.362. The Morgan fingerprint density at radius 2 is 2.67 bits per heavy atom. The fraction of sp³-hybridized carbons (Fsp3) is 0. The van der Waals surface area contributed by atoms with E-state index in [0.29, 0.717) is 4.88 Å². The topological polar surface area (TPSA) is 39.2 Å². The zero-order valence-corrected chi connectivity index (χ0v) is 5.98. The van der Waals surface area contributed by atoms with Gasteiger partial charge < -0.3 is 4.18 Å². The molecule has 0 spiro atoms. The quantitative estimate of drug-likeness (QED) is 0.496. The van der Waals surface area contributed by atoms with Gasteiger partial charge >= 0.3 is 5.97 Å². The van der Waals surface area contributed by atoms with E-state index in [2.05, 4.69) is 22.1 Å². The van der Waals surface area contributed by atoms with Crippen LogP contribution >= 0.6 is 24.2 Å². The van der Waals surface area contributed by atoms with Crippen LogP contribution in [0.5, 0.6) is 0 Å². The number of carbonyl (C=O) groups excluding carboxylic acids is 1. The van der Waals surface area contributed by atoms with Crippen molar-refractivity contribution >= 4 is 30.2 Å². The van der Waals surface area contributed by atoms with Crippen molar-refractivity contribution < 1.29 is 8.98 Å². The van der Waals surface area contributed by atoms with Crippen LogP contribution in [0.15, 0.2) is 11.7 Å². The van der Waals surface area contributed by atoms with E-state index < -0.39 is 5.97 Å². The first-order valence-corrected chi connectivity index (χ1v) is 3.33. The van der Waals surface area contributed by atoms with Crippen LogP contribution in [0.3, 0.4) is 0 Å². The standard InChI is InChI=1S/C4H3NO2S2/c6-4(7-8)3-1-5-2-9-3/h1-2,8H. The molecule has 0 radical (unpaired) electrons. The number of hydrogen-bond donors (Lipinski definition) is 1. The van der Waals surface area contributed by atoms with Gasteiger partial charge in [0.05, 0.1) is 11.7 Å². The Kier molecular flexibility index (Phi) is 2.07. The lowest BCUT2D eigenvalue weighted by Crippen LogP contribution is -1.92. The van der Waals surface area contributed by atoms with E-state index in [1.165, 1.54) is 17.5 Å². The van der Waals surface area contributed by atoms with Crippen molar-refractivity contribution in [2.24, 2.45) is 0 Å². The molecule has 1 aromatic rings. The first-order valence-electron chi connectivity index (χ1n) is 2.09.